The molecule has 17 nitrogen and oxygen atoms in total. The zero-order valence-electron chi connectivity index (χ0n) is 33.3. The van der Waals surface area contributed by atoms with Crippen LogP contribution in [0.2, 0.25) is 0 Å². The normalized spacial score (nSPS) is 13.4. The van der Waals surface area contributed by atoms with E-state index in [-0.39, 0.29) is 80.1 Å². The maximum Gasteiger partial charge on any atom is 0.410 e. The van der Waals surface area contributed by atoms with Crippen molar-refractivity contribution in [1.29, 1.82) is 0 Å². The van der Waals surface area contributed by atoms with E-state index in [4.69, 9.17) is 35.2 Å². The highest BCUT2D eigenvalue weighted by molar-refractivity contribution is 7.84. The summed E-state index contributed by atoms with van der Waals surface area (Å²) in [5.41, 5.74) is 10.5. The van der Waals surface area contributed by atoms with Crippen molar-refractivity contribution in [3.8, 4) is 23.0 Å². The Balaban J connectivity index is 0.000000273. The van der Waals surface area contributed by atoms with Crippen LogP contribution in [0.25, 0.3) is 0 Å². The molecule has 1 atom stereocenters. The molecule has 1 amide bonds. The quantitative estimate of drug-likeness (QED) is 0.128. The first-order valence-corrected chi connectivity index (χ1v) is 19.1. The van der Waals surface area contributed by atoms with Crippen molar-refractivity contribution in [2.45, 2.75) is 57.3 Å². The molecule has 20 heteroatoms. The second kappa shape index (κ2) is 19.3. The lowest BCUT2D eigenvalue weighted by Gasteiger charge is -2.33. The molecular formula is C38H46F2N8O9S. The van der Waals surface area contributed by atoms with Crippen molar-refractivity contribution >= 4 is 46.0 Å². The van der Waals surface area contributed by atoms with Gasteiger partial charge >= 0.3 is 6.09 Å². The molecule has 0 bridgehead atoms. The molecule has 0 saturated carbocycles. The summed E-state index contributed by atoms with van der Waals surface area (Å²) in [5, 5.41) is 3.20. The van der Waals surface area contributed by atoms with Crippen LogP contribution in [0, 0.1) is 11.6 Å². The van der Waals surface area contributed by atoms with Crippen molar-refractivity contribution in [3.05, 3.63) is 70.5 Å². The second-order valence-electron chi connectivity index (χ2n) is 13.5. The summed E-state index contributed by atoms with van der Waals surface area (Å²) in [6.07, 6.45) is 3.38. The van der Waals surface area contributed by atoms with Gasteiger partial charge in [-0.25, -0.2) is 28.5 Å². The number of rotatable bonds is 12. The molecule has 5 N–H and O–H groups in total. The van der Waals surface area contributed by atoms with E-state index in [0.717, 1.165) is 18.3 Å². The summed E-state index contributed by atoms with van der Waals surface area (Å²) in [5.74, 6) is -2.35. The average Bonchev–Trinajstić information content (AvgIpc) is 3.19. The van der Waals surface area contributed by atoms with Crippen LogP contribution >= 0.6 is 0 Å². The molecule has 5 rings (SSSR count). The lowest BCUT2D eigenvalue weighted by Crippen LogP contribution is -2.44. The topological polar surface area (TPSA) is 233 Å². The van der Waals surface area contributed by atoms with Crippen molar-refractivity contribution in [3.63, 3.8) is 0 Å². The van der Waals surface area contributed by atoms with E-state index in [9.17, 15) is 27.4 Å². The summed E-state index contributed by atoms with van der Waals surface area (Å²) >= 11 is 0. The zero-order chi connectivity index (χ0) is 42.9. The standard InChI is InChI=1S/C23H30FN5O5.C15H16FN3O4S/c1-23(2,3)34-22(31)29-8-6-13(7-9-29)27-21-26-12-15(20(25)28-21)19(30)18-16(24)10-14(32-4)11-17(18)33-5;1-4-24(21)15-18-7-9(14(17)19-15)13(20)12-10(16)5-8(22-2)6-11(12)23-3/h10-13H,6-9H2,1-5H3,(H3,25,26,27,28);5-7H,4H2,1-3H3,(H2,17,18,19). The number of likely N-dealkylation sites (tertiary alicyclic amines) is 1. The van der Waals surface area contributed by atoms with Gasteiger partial charge in [0.25, 0.3) is 0 Å². The third-order valence-corrected chi connectivity index (χ3v) is 9.60. The van der Waals surface area contributed by atoms with Crippen molar-refractivity contribution in [1.82, 2.24) is 24.8 Å². The van der Waals surface area contributed by atoms with Gasteiger partial charge in [0.2, 0.25) is 22.7 Å². The highest BCUT2D eigenvalue weighted by Gasteiger charge is 2.29. The third kappa shape index (κ3) is 10.8. The van der Waals surface area contributed by atoms with Gasteiger partial charge in [-0.1, -0.05) is 6.92 Å². The zero-order valence-corrected chi connectivity index (χ0v) is 34.1. The van der Waals surface area contributed by atoms with Gasteiger partial charge in [-0.05, 0) is 33.6 Å². The molecule has 312 valence electrons. The van der Waals surface area contributed by atoms with Crippen molar-refractivity contribution in [2.75, 3.05) is 64.1 Å². The SMILES string of the molecule is CCS(=O)c1ncc(C(=O)c2c(F)cc(OC)cc2OC)c(N)n1.COc1cc(F)c(C(=O)c2cnc(NC3CCN(C(=O)OC(C)(C)C)CC3)nc2N)c(OC)c1. The van der Waals surface area contributed by atoms with Gasteiger partial charge in [0.05, 0.1) is 50.4 Å². The van der Waals surface area contributed by atoms with Gasteiger partial charge in [-0.3, -0.25) is 13.8 Å². The van der Waals surface area contributed by atoms with Crippen LogP contribution in [0.5, 0.6) is 23.0 Å². The second-order valence-corrected chi connectivity index (χ2v) is 15.1. The molecule has 1 saturated heterocycles. The number of halogens is 2. The van der Waals surface area contributed by atoms with E-state index in [1.54, 1.807) is 11.8 Å². The number of nitrogens with zero attached hydrogens (tertiary/aromatic N) is 5. The highest BCUT2D eigenvalue weighted by Crippen LogP contribution is 2.32. The average molecular weight is 829 g/mol. The van der Waals surface area contributed by atoms with E-state index in [2.05, 4.69) is 25.3 Å². The molecule has 58 heavy (non-hydrogen) atoms. The Hall–Kier alpha value is -6.18. The fourth-order valence-corrected chi connectivity index (χ4v) is 6.16. The number of ketones is 2. The van der Waals surface area contributed by atoms with Crippen LogP contribution in [0.15, 0.2) is 41.8 Å². The van der Waals surface area contributed by atoms with Crippen LogP contribution in [0.3, 0.4) is 0 Å². The molecule has 0 spiro atoms. The predicted octanol–water partition coefficient (Wildman–Crippen LogP) is 4.83. The largest absolute Gasteiger partial charge is 0.497 e. The molecule has 4 aromatic rings. The Morgan fingerprint density at radius 1 is 0.810 bits per heavy atom. The smallest absolute Gasteiger partial charge is 0.410 e. The molecule has 2 aromatic carbocycles. The Labute approximate surface area is 336 Å². The van der Waals surface area contributed by atoms with Gasteiger partial charge in [0.1, 0.15) is 63.0 Å². The van der Waals surface area contributed by atoms with Gasteiger partial charge in [-0.15, -0.1) is 0 Å². The number of aromatic nitrogens is 4. The highest BCUT2D eigenvalue weighted by atomic mass is 32.2. The number of anilines is 3. The number of hydrogen-bond donors (Lipinski definition) is 3. The number of piperidine rings is 1. The third-order valence-electron chi connectivity index (χ3n) is 8.47. The summed E-state index contributed by atoms with van der Waals surface area (Å²) in [7, 11) is 3.97. The number of benzene rings is 2. The van der Waals surface area contributed by atoms with E-state index >= 15 is 0 Å². The molecular weight excluding hydrogens is 783 g/mol. The predicted molar refractivity (Wildman–Crippen MR) is 210 cm³/mol. The number of nitrogens with two attached hydrogens (primary N) is 2. The molecule has 1 fully saturated rings. The number of hydrogen-bond acceptors (Lipinski definition) is 16. The molecule has 0 aliphatic carbocycles. The Bertz CT molecular complexity index is 2180. The van der Waals surface area contributed by atoms with E-state index < -0.39 is 39.6 Å². The number of ether oxygens (including phenoxy) is 5. The number of nitrogen functional groups attached to an aromatic ring is 2. The molecule has 0 radical (unpaired) electrons. The van der Waals surface area contributed by atoms with Crippen molar-refractivity contribution in [2.24, 2.45) is 0 Å². The first-order valence-electron chi connectivity index (χ1n) is 17.7. The molecule has 3 heterocycles. The number of methoxy groups -OCH3 is 4. The first-order chi connectivity index (χ1) is 27.4. The van der Waals surface area contributed by atoms with E-state index in [1.807, 2.05) is 20.8 Å². The van der Waals surface area contributed by atoms with Crippen LogP contribution in [-0.2, 0) is 15.5 Å². The van der Waals surface area contributed by atoms with Gasteiger partial charge in [-0.2, -0.15) is 4.98 Å². The fourth-order valence-electron chi connectivity index (χ4n) is 5.53. The number of nitrogens with one attached hydrogen (secondary N) is 1. The Morgan fingerprint density at radius 2 is 1.29 bits per heavy atom. The minimum Gasteiger partial charge on any atom is -0.497 e. The minimum atomic E-state index is -1.41. The van der Waals surface area contributed by atoms with Crippen LogP contribution < -0.4 is 35.7 Å². The summed E-state index contributed by atoms with van der Waals surface area (Å²) in [6.45, 7) is 8.23. The van der Waals surface area contributed by atoms with Gasteiger partial charge in [0, 0.05) is 61.5 Å². The lowest BCUT2D eigenvalue weighted by molar-refractivity contribution is 0.0210. The molecule has 1 aliphatic heterocycles. The maximum atomic E-state index is 14.6. The number of carbonyl (C=O) groups is 3. The Morgan fingerprint density at radius 3 is 1.71 bits per heavy atom. The lowest BCUT2D eigenvalue weighted by atomic mass is 10.0. The summed E-state index contributed by atoms with van der Waals surface area (Å²) < 4.78 is 66.2. The van der Waals surface area contributed by atoms with Crippen molar-refractivity contribution < 1.29 is 51.1 Å². The number of carbonyl (C=O) groups excluding carboxylic acids is 3. The Kier molecular flexibility index (Phi) is 14.8. The number of amides is 1. The maximum absolute atomic E-state index is 14.6. The molecule has 1 aliphatic rings. The van der Waals surface area contributed by atoms with Crippen LogP contribution in [0.4, 0.5) is 31.2 Å². The summed E-state index contributed by atoms with van der Waals surface area (Å²) in [6, 6.07) is 4.96. The fraction of sp³-hybridized carbons (Fsp3) is 0.395. The van der Waals surface area contributed by atoms with E-state index in [1.165, 1.54) is 46.8 Å². The van der Waals surface area contributed by atoms with Gasteiger partial charge < -0.3 is 45.4 Å². The monoisotopic (exact) mass is 828 g/mol. The summed E-state index contributed by atoms with van der Waals surface area (Å²) in [4.78, 5) is 55.6. The van der Waals surface area contributed by atoms with Gasteiger partial charge in [0.15, 0.2) is 0 Å². The molecule has 1 unspecified atom stereocenters. The van der Waals surface area contributed by atoms with Crippen LogP contribution in [0.1, 0.15) is 72.4 Å². The first kappa shape index (κ1) is 44.5. The van der Waals surface area contributed by atoms with E-state index in [0.29, 0.717) is 31.7 Å². The van der Waals surface area contributed by atoms with Crippen LogP contribution in [-0.4, -0.2) is 106 Å². The minimum absolute atomic E-state index is 0.00235. The molecule has 2 aromatic heterocycles.